The number of nitrogens with zero attached hydrogens (tertiary/aromatic N) is 6. The van der Waals surface area contributed by atoms with E-state index in [-0.39, 0.29) is 5.91 Å². The van der Waals surface area contributed by atoms with Crippen LogP contribution in [0, 0.1) is 0 Å². The summed E-state index contributed by atoms with van der Waals surface area (Å²) in [5, 5.41) is 27.1. The summed E-state index contributed by atoms with van der Waals surface area (Å²) in [7, 11) is 0. The van der Waals surface area contributed by atoms with Crippen molar-refractivity contribution in [3.8, 4) is 0 Å². The lowest BCUT2D eigenvalue weighted by atomic mass is 9.95. The van der Waals surface area contributed by atoms with Gasteiger partial charge >= 0.3 is 0 Å². The fourth-order valence-corrected chi connectivity index (χ4v) is 6.75. The number of aromatic nitrogens is 5. The second-order valence-electron chi connectivity index (χ2n) is 13.6. The van der Waals surface area contributed by atoms with Gasteiger partial charge in [0.2, 0.25) is 11.9 Å². The summed E-state index contributed by atoms with van der Waals surface area (Å²) < 4.78 is 1.92. The molecule has 1 aliphatic carbocycles. The molecule has 2 fully saturated rings. The quantitative estimate of drug-likeness (QED) is 0.102. The number of rotatable bonds is 21. The molecule has 3 heterocycles. The predicted molar refractivity (Wildman–Crippen MR) is 194 cm³/mol. The first-order valence-corrected chi connectivity index (χ1v) is 18.8. The van der Waals surface area contributed by atoms with Crippen LogP contribution in [-0.2, 0) is 17.9 Å². The molecule has 2 aromatic heterocycles. The Bertz CT molecular complexity index is 1350. The number of piperidine rings is 1. The number of hydrogen-bond donors (Lipinski definition) is 5. The molecule has 264 valence electrons. The third-order valence-corrected chi connectivity index (χ3v) is 9.55. The fourth-order valence-electron chi connectivity index (χ4n) is 6.75. The molecule has 5 rings (SSSR count). The highest BCUT2D eigenvalue weighted by molar-refractivity contribution is 5.90. The number of amides is 1. The lowest BCUT2D eigenvalue weighted by molar-refractivity contribution is -0.121. The molecule has 12 nitrogen and oxygen atoms in total. The van der Waals surface area contributed by atoms with E-state index in [1.807, 2.05) is 29.1 Å². The number of likely N-dealkylation sites (tertiary alicyclic amines) is 1. The number of aryl methyl sites for hydroxylation is 1. The first kappa shape index (κ1) is 35.9. The van der Waals surface area contributed by atoms with Crippen LogP contribution in [0.3, 0.4) is 0 Å². The van der Waals surface area contributed by atoms with Crippen LogP contribution in [0.2, 0.25) is 0 Å². The number of carbonyl (C=O) groups is 1. The fraction of sp³-hybridized carbons (Fsp3) is 0.694. The number of fused-ring (bicyclic) bond motifs is 1. The maximum absolute atomic E-state index is 11.9. The van der Waals surface area contributed by atoms with E-state index in [1.54, 1.807) is 0 Å². The van der Waals surface area contributed by atoms with E-state index < -0.39 is 0 Å². The Morgan fingerprint density at radius 3 is 2.56 bits per heavy atom. The third kappa shape index (κ3) is 12.3. The van der Waals surface area contributed by atoms with Gasteiger partial charge in [0.15, 0.2) is 0 Å². The minimum Gasteiger partial charge on any atom is -0.367 e. The number of nitrogens with one attached hydrogen (secondary N) is 5. The Labute approximate surface area is 287 Å². The Morgan fingerprint density at radius 1 is 0.875 bits per heavy atom. The number of anilines is 2. The van der Waals surface area contributed by atoms with E-state index in [4.69, 9.17) is 9.97 Å². The van der Waals surface area contributed by atoms with Crippen LogP contribution in [0.5, 0.6) is 0 Å². The molecule has 48 heavy (non-hydrogen) atoms. The highest BCUT2D eigenvalue weighted by atomic mass is 16.1. The van der Waals surface area contributed by atoms with E-state index in [0.29, 0.717) is 25.0 Å². The topological polar surface area (TPSA) is 137 Å². The van der Waals surface area contributed by atoms with Gasteiger partial charge in [-0.2, -0.15) is 4.98 Å². The van der Waals surface area contributed by atoms with Gasteiger partial charge in [0.25, 0.3) is 0 Å². The maximum atomic E-state index is 11.9. The first-order valence-electron chi connectivity index (χ1n) is 18.8. The number of unbranched alkanes of at least 4 members (excludes halogenated alkanes) is 1. The summed E-state index contributed by atoms with van der Waals surface area (Å²) in [5.74, 6) is 1.65. The minimum absolute atomic E-state index is 0.180. The van der Waals surface area contributed by atoms with Gasteiger partial charge in [-0.1, -0.05) is 43.5 Å². The normalized spacial score (nSPS) is 16.4. The smallest absolute Gasteiger partial charge is 0.225 e. The lowest BCUT2D eigenvalue weighted by Crippen LogP contribution is -2.39. The van der Waals surface area contributed by atoms with Gasteiger partial charge in [0, 0.05) is 50.1 Å². The van der Waals surface area contributed by atoms with Gasteiger partial charge in [-0.25, -0.2) is 4.98 Å². The van der Waals surface area contributed by atoms with E-state index in [2.05, 4.69) is 54.8 Å². The average molecular weight is 662 g/mol. The zero-order chi connectivity index (χ0) is 33.2. The van der Waals surface area contributed by atoms with Crippen molar-refractivity contribution in [1.29, 1.82) is 0 Å². The summed E-state index contributed by atoms with van der Waals surface area (Å²) in [5.41, 5.74) is 1.79. The van der Waals surface area contributed by atoms with Gasteiger partial charge in [-0.3, -0.25) is 9.48 Å². The predicted octanol–water partition coefficient (Wildman–Crippen LogP) is 4.70. The van der Waals surface area contributed by atoms with Crippen LogP contribution >= 0.6 is 0 Å². The molecule has 1 aromatic carbocycles. The summed E-state index contributed by atoms with van der Waals surface area (Å²) >= 11 is 0. The highest BCUT2D eigenvalue weighted by Gasteiger charge is 2.20. The van der Waals surface area contributed by atoms with Gasteiger partial charge in [-0.15, -0.1) is 5.10 Å². The molecule has 3 aromatic rings. The average Bonchev–Trinajstić information content (AvgIpc) is 3.58. The molecule has 1 aliphatic heterocycles. The number of carbonyl (C=O) groups excluding carboxylic acids is 1. The number of para-hydroxylation sites is 1. The molecular formula is C36H59N11O. The number of benzene rings is 1. The Balaban J connectivity index is 0.999. The summed E-state index contributed by atoms with van der Waals surface area (Å²) in [6.45, 7) is 10.5. The zero-order valence-corrected chi connectivity index (χ0v) is 29.2. The summed E-state index contributed by atoms with van der Waals surface area (Å²) in [6.07, 6.45) is 16.8. The molecule has 1 saturated heterocycles. The second kappa shape index (κ2) is 20.2. The van der Waals surface area contributed by atoms with E-state index in [9.17, 15) is 4.79 Å². The van der Waals surface area contributed by atoms with E-state index in [0.717, 1.165) is 119 Å². The van der Waals surface area contributed by atoms with Crippen molar-refractivity contribution in [3.05, 3.63) is 36.2 Å². The summed E-state index contributed by atoms with van der Waals surface area (Å²) in [4.78, 5) is 24.1. The van der Waals surface area contributed by atoms with Crippen LogP contribution in [0.1, 0.15) is 96.1 Å². The van der Waals surface area contributed by atoms with Crippen molar-refractivity contribution in [2.24, 2.45) is 0 Å². The highest BCUT2D eigenvalue weighted by Crippen LogP contribution is 2.25. The van der Waals surface area contributed by atoms with Gasteiger partial charge < -0.3 is 31.5 Å². The standard InChI is InChI=1S/C36H59N11O/c1-2-19-39-34(48)16-8-9-23-46-25-17-30(18-26-46)41-35-32-14-6-7-15-33(32)42-36(43-35)40-27-31-28-47(45-44-31)24-11-21-37-20-10-22-38-29-12-4-3-5-13-29/h6-7,14-15,28-30,37-38H,2-5,8-13,16-27H2,1H3,(H,39,48)(H2,40,41,42,43). The largest absolute Gasteiger partial charge is 0.367 e. The number of hydrogen-bond acceptors (Lipinski definition) is 10. The molecule has 5 N–H and O–H groups in total. The molecular weight excluding hydrogens is 602 g/mol. The molecule has 0 bridgehead atoms. The van der Waals surface area contributed by atoms with Crippen LogP contribution in [0.4, 0.5) is 11.8 Å². The van der Waals surface area contributed by atoms with Crippen LogP contribution in [-0.4, -0.2) is 93.7 Å². The molecule has 12 heteroatoms. The van der Waals surface area contributed by atoms with Crippen molar-refractivity contribution in [3.63, 3.8) is 0 Å². The molecule has 1 saturated carbocycles. The monoisotopic (exact) mass is 661 g/mol. The lowest BCUT2D eigenvalue weighted by Gasteiger charge is -2.32. The van der Waals surface area contributed by atoms with Crippen molar-refractivity contribution in [2.75, 3.05) is 56.4 Å². The van der Waals surface area contributed by atoms with Gasteiger partial charge in [-0.05, 0) is 96.1 Å². The zero-order valence-electron chi connectivity index (χ0n) is 29.2. The first-order chi connectivity index (χ1) is 23.7. The Hall–Kier alpha value is -3.35. The van der Waals surface area contributed by atoms with Crippen LogP contribution in [0.15, 0.2) is 30.5 Å². The van der Waals surface area contributed by atoms with Crippen LogP contribution < -0.4 is 26.6 Å². The van der Waals surface area contributed by atoms with Crippen molar-refractivity contribution in [2.45, 2.75) is 116 Å². The molecule has 1 amide bonds. The Kier molecular flexibility index (Phi) is 15.1. The van der Waals surface area contributed by atoms with Crippen molar-refractivity contribution < 1.29 is 4.79 Å². The molecule has 0 unspecified atom stereocenters. The van der Waals surface area contributed by atoms with Gasteiger partial charge in [0.05, 0.1) is 18.3 Å². The second-order valence-corrected chi connectivity index (χ2v) is 13.6. The van der Waals surface area contributed by atoms with Crippen molar-refractivity contribution in [1.82, 2.24) is 45.8 Å². The van der Waals surface area contributed by atoms with E-state index in [1.165, 1.54) is 38.5 Å². The minimum atomic E-state index is 0.180. The SMILES string of the molecule is CCCNC(=O)CCCCN1CCC(Nc2nc(NCc3cn(CCCNCCCNC4CCCCC4)nn3)nc3ccccc23)CC1. The van der Waals surface area contributed by atoms with E-state index >= 15 is 0 Å². The Morgan fingerprint density at radius 2 is 1.71 bits per heavy atom. The molecule has 0 radical (unpaired) electrons. The summed E-state index contributed by atoms with van der Waals surface area (Å²) in [6, 6.07) is 9.29. The van der Waals surface area contributed by atoms with Gasteiger partial charge in [0.1, 0.15) is 11.5 Å². The molecule has 0 spiro atoms. The third-order valence-electron chi connectivity index (χ3n) is 9.55. The molecule has 2 aliphatic rings. The van der Waals surface area contributed by atoms with Crippen molar-refractivity contribution >= 4 is 28.6 Å². The maximum Gasteiger partial charge on any atom is 0.225 e. The van der Waals surface area contributed by atoms with Crippen LogP contribution in [0.25, 0.3) is 10.9 Å². The molecule has 0 atom stereocenters.